The first-order valence-electron chi connectivity index (χ1n) is 5.48. The van der Waals surface area contributed by atoms with Gasteiger partial charge in [-0.05, 0) is 30.7 Å². The molecule has 0 saturated carbocycles. The summed E-state index contributed by atoms with van der Waals surface area (Å²) in [4.78, 5) is 10.5. The molecule has 0 amide bonds. The van der Waals surface area contributed by atoms with Crippen LogP contribution in [-0.4, -0.2) is 24.1 Å². The summed E-state index contributed by atoms with van der Waals surface area (Å²) in [5.74, 6) is 0.617. The quantitative estimate of drug-likeness (QED) is 0.876. The number of nitrogens with zero attached hydrogens (tertiary/aromatic N) is 3. The Balaban J connectivity index is 2.18. The van der Waals surface area contributed by atoms with Crippen molar-refractivity contribution in [3.8, 4) is 0 Å². The third kappa shape index (κ3) is 2.93. The molecule has 0 aliphatic carbocycles. The van der Waals surface area contributed by atoms with Crippen LogP contribution in [0.4, 0.5) is 17.3 Å². The van der Waals surface area contributed by atoms with Gasteiger partial charge in [0.2, 0.25) is 5.95 Å². The average molecular weight is 228 g/mol. The number of hydrogen-bond donors (Lipinski definition) is 1. The van der Waals surface area contributed by atoms with E-state index in [1.165, 1.54) is 0 Å². The van der Waals surface area contributed by atoms with Gasteiger partial charge in [-0.1, -0.05) is 6.07 Å². The molecule has 0 fully saturated rings. The first kappa shape index (κ1) is 11.4. The second-order valence-electron chi connectivity index (χ2n) is 4.15. The first-order valence-corrected chi connectivity index (χ1v) is 5.48. The highest BCUT2D eigenvalue weighted by molar-refractivity contribution is 5.61. The summed E-state index contributed by atoms with van der Waals surface area (Å²) in [6.45, 7) is 1.97. The van der Waals surface area contributed by atoms with Crippen LogP contribution in [0.3, 0.4) is 0 Å². The molecule has 0 radical (unpaired) electrons. The molecule has 88 valence electrons. The molecule has 0 spiro atoms. The maximum Gasteiger partial charge on any atom is 0.227 e. The lowest BCUT2D eigenvalue weighted by Crippen LogP contribution is -2.08. The van der Waals surface area contributed by atoms with E-state index in [2.05, 4.69) is 32.3 Å². The lowest BCUT2D eigenvalue weighted by Gasteiger charge is -2.13. The van der Waals surface area contributed by atoms with Crippen molar-refractivity contribution in [1.29, 1.82) is 0 Å². The molecule has 0 aliphatic heterocycles. The van der Waals surface area contributed by atoms with Crippen LogP contribution in [0.15, 0.2) is 36.7 Å². The van der Waals surface area contributed by atoms with Gasteiger partial charge in [0.15, 0.2) is 0 Å². The van der Waals surface area contributed by atoms with Gasteiger partial charge in [-0.15, -0.1) is 0 Å². The molecule has 1 N–H and O–H groups in total. The topological polar surface area (TPSA) is 41.1 Å². The van der Waals surface area contributed by atoms with Crippen molar-refractivity contribution in [1.82, 2.24) is 9.97 Å². The maximum atomic E-state index is 4.21. The molecule has 4 heteroatoms. The summed E-state index contributed by atoms with van der Waals surface area (Å²) in [5, 5.41) is 3.18. The second-order valence-corrected chi connectivity index (χ2v) is 4.15. The van der Waals surface area contributed by atoms with E-state index in [0.29, 0.717) is 5.95 Å². The lowest BCUT2D eigenvalue weighted by molar-refractivity contribution is 1.12. The Kier molecular flexibility index (Phi) is 3.23. The summed E-state index contributed by atoms with van der Waals surface area (Å²) in [6.07, 6.45) is 3.59. The zero-order valence-electron chi connectivity index (χ0n) is 10.3. The summed E-state index contributed by atoms with van der Waals surface area (Å²) in [6, 6.07) is 8.12. The monoisotopic (exact) mass is 228 g/mol. The van der Waals surface area contributed by atoms with Crippen LogP contribution in [-0.2, 0) is 0 Å². The Morgan fingerprint density at radius 3 is 2.47 bits per heavy atom. The molecule has 1 heterocycles. The molecule has 2 aromatic rings. The van der Waals surface area contributed by atoms with E-state index in [-0.39, 0.29) is 0 Å². The number of rotatable bonds is 3. The third-order valence-electron chi connectivity index (χ3n) is 2.40. The Morgan fingerprint density at radius 1 is 1.12 bits per heavy atom. The van der Waals surface area contributed by atoms with Crippen molar-refractivity contribution >= 4 is 17.3 Å². The highest BCUT2D eigenvalue weighted by Gasteiger charge is 1.99. The summed E-state index contributed by atoms with van der Waals surface area (Å²) in [7, 11) is 4.03. The largest absolute Gasteiger partial charge is 0.378 e. The number of hydrogen-bond acceptors (Lipinski definition) is 4. The minimum Gasteiger partial charge on any atom is -0.378 e. The van der Waals surface area contributed by atoms with Crippen molar-refractivity contribution in [3.63, 3.8) is 0 Å². The van der Waals surface area contributed by atoms with Gasteiger partial charge >= 0.3 is 0 Å². The SMILES string of the molecule is Cc1cnc(Nc2cccc(N(C)C)c2)nc1. The standard InChI is InChI=1S/C13H16N4/c1-10-8-14-13(15-9-10)16-11-5-4-6-12(7-11)17(2)3/h4-9H,1-3H3,(H,14,15,16). The fraction of sp³-hybridized carbons (Fsp3) is 0.231. The Labute approximate surface area is 101 Å². The van der Waals surface area contributed by atoms with Crippen LogP contribution >= 0.6 is 0 Å². The minimum atomic E-state index is 0.617. The van der Waals surface area contributed by atoms with Crippen LogP contribution in [0, 0.1) is 6.92 Å². The molecule has 1 aromatic carbocycles. The predicted molar refractivity (Wildman–Crippen MR) is 70.8 cm³/mol. The van der Waals surface area contributed by atoms with Gasteiger partial charge < -0.3 is 10.2 Å². The molecule has 1 aromatic heterocycles. The van der Waals surface area contributed by atoms with Crippen molar-refractivity contribution in [2.45, 2.75) is 6.92 Å². The van der Waals surface area contributed by atoms with Crippen LogP contribution < -0.4 is 10.2 Å². The zero-order chi connectivity index (χ0) is 12.3. The van der Waals surface area contributed by atoms with E-state index in [0.717, 1.165) is 16.9 Å². The number of aryl methyl sites for hydroxylation is 1. The van der Waals surface area contributed by atoms with Gasteiger partial charge in [-0.2, -0.15) is 0 Å². The van der Waals surface area contributed by atoms with E-state index in [1.807, 2.05) is 33.2 Å². The Morgan fingerprint density at radius 2 is 1.82 bits per heavy atom. The lowest BCUT2D eigenvalue weighted by atomic mass is 10.2. The molecular weight excluding hydrogens is 212 g/mol. The first-order chi connectivity index (χ1) is 8.15. The van der Waals surface area contributed by atoms with Crippen molar-refractivity contribution in [2.24, 2.45) is 0 Å². The Hall–Kier alpha value is -2.10. The summed E-state index contributed by atoms with van der Waals surface area (Å²) in [5.41, 5.74) is 3.18. The maximum absolute atomic E-state index is 4.21. The average Bonchev–Trinajstić information content (AvgIpc) is 2.32. The molecule has 0 unspecified atom stereocenters. The highest BCUT2D eigenvalue weighted by atomic mass is 15.1. The van der Waals surface area contributed by atoms with Gasteiger partial charge in [0.1, 0.15) is 0 Å². The molecule has 4 nitrogen and oxygen atoms in total. The number of aromatic nitrogens is 2. The fourth-order valence-electron chi connectivity index (χ4n) is 1.45. The molecule has 0 saturated heterocycles. The van der Waals surface area contributed by atoms with Gasteiger partial charge in [0.05, 0.1) is 0 Å². The molecular formula is C13H16N4. The highest BCUT2D eigenvalue weighted by Crippen LogP contribution is 2.19. The van der Waals surface area contributed by atoms with Crippen molar-refractivity contribution in [2.75, 3.05) is 24.3 Å². The van der Waals surface area contributed by atoms with Gasteiger partial charge in [-0.3, -0.25) is 0 Å². The van der Waals surface area contributed by atoms with Crippen LogP contribution in [0.5, 0.6) is 0 Å². The molecule has 2 rings (SSSR count). The predicted octanol–water partition coefficient (Wildman–Crippen LogP) is 2.59. The molecule has 0 bridgehead atoms. The van der Waals surface area contributed by atoms with E-state index in [4.69, 9.17) is 0 Å². The zero-order valence-corrected chi connectivity index (χ0v) is 10.3. The van der Waals surface area contributed by atoms with Gasteiger partial charge in [0, 0.05) is 37.9 Å². The number of nitrogens with one attached hydrogen (secondary N) is 1. The number of benzene rings is 1. The van der Waals surface area contributed by atoms with Crippen LogP contribution in [0.25, 0.3) is 0 Å². The molecule has 0 atom stereocenters. The van der Waals surface area contributed by atoms with Gasteiger partial charge in [-0.25, -0.2) is 9.97 Å². The van der Waals surface area contributed by atoms with Crippen LogP contribution in [0.1, 0.15) is 5.56 Å². The smallest absolute Gasteiger partial charge is 0.227 e. The normalized spacial score (nSPS) is 10.1. The van der Waals surface area contributed by atoms with E-state index < -0.39 is 0 Å². The summed E-state index contributed by atoms with van der Waals surface area (Å²) < 4.78 is 0. The number of anilines is 3. The van der Waals surface area contributed by atoms with Crippen molar-refractivity contribution < 1.29 is 0 Å². The van der Waals surface area contributed by atoms with Crippen molar-refractivity contribution in [3.05, 3.63) is 42.2 Å². The summed E-state index contributed by atoms with van der Waals surface area (Å²) >= 11 is 0. The second kappa shape index (κ2) is 4.82. The molecule has 17 heavy (non-hydrogen) atoms. The Bertz CT molecular complexity index is 491. The van der Waals surface area contributed by atoms with Crippen LogP contribution in [0.2, 0.25) is 0 Å². The van der Waals surface area contributed by atoms with Gasteiger partial charge in [0.25, 0.3) is 0 Å². The third-order valence-corrected chi connectivity index (χ3v) is 2.40. The van der Waals surface area contributed by atoms with E-state index in [1.54, 1.807) is 12.4 Å². The van der Waals surface area contributed by atoms with E-state index in [9.17, 15) is 0 Å². The fourth-order valence-corrected chi connectivity index (χ4v) is 1.45. The van der Waals surface area contributed by atoms with E-state index >= 15 is 0 Å². The molecule has 0 aliphatic rings. The minimum absolute atomic E-state index is 0.617.